The van der Waals surface area contributed by atoms with Gasteiger partial charge in [0.15, 0.2) is 0 Å². The molecule has 11 nitrogen and oxygen atoms in total. The molecule has 5 rings (SSSR count). The van der Waals surface area contributed by atoms with Gasteiger partial charge in [0.1, 0.15) is 23.0 Å². The van der Waals surface area contributed by atoms with Gasteiger partial charge in [-0.25, -0.2) is 0 Å². The SMILES string of the molecule is CN(Cc1ccc(Oc2ccc([N+](=O)[O-])cc2)cc1)Cc1ccc(CN(C)Cc2ccc(Oc3ccc([N+](=O)[O-])cc3)cc2)nc1. The molecule has 0 radical (unpaired) electrons. The number of non-ortho nitro benzene ring substituents is 2. The third kappa shape index (κ3) is 9.18. The highest BCUT2D eigenvalue weighted by Gasteiger charge is 2.09. The van der Waals surface area contributed by atoms with Gasteiger partial charge in [0.2, 0.25) is 0 Å². The zero-order chi connectivity index (χ0) is 32.5. The maximum Gasteiger partial charge on any atom is 0.269 e. The lowest BCUT2D eigenvalue weighted by atomic mass is 10.2. The molecular formula is C35H33N5O6. The summed E-state index contributed by atoms with van der Waals surface area (Å²) >= 11 is 0. The second-order valence-corrected chi connectivity index (χ2v) is 11.0. The van der Waals surface area contributed by atoms with E-state index >= 15 is 0 Å². The summed E-state index contributed by atoms with van der Waals surface area (Å²) in [5.74, 6) is 2.41. The summed E-state index contributed by atoms with van der Waals surface area (Å²) in [6.45, 7) is 2.94. The van der Waals surface area contributed by atoms with E-state index in [0.29, 0.717) is 29.5 Å². The Morgan fingerprint density at radius 2 is 0.870 bits per heavy atom. The molecule has 46 heavy (non-hydrogen) atoms. The zero-order valence-electron chi connectivity index (χ0n) is 25.5. The summed E-state index contributed by atoms with van der Waals surface area (Å²) in [5.41, 5.74) is 4.42. The summed E-state index contributed by atoms with van der Waals surface area (Å²) in [6, 6.07) is 31.8. The van der Waals surface area contributed by atoms with Gasteiger partial charge in [-0.05, 0) is 85.4 Å². The maximum atomic E-state index is 10.8. The Bertz CT molecular complexity index is 1610. The van der Waals surface area contributed by atoms with Crippen molar-refractivity contribution < 1.29 is 19.3 Å². The lowest BCUT2D eigenvalue weighted by molar-refractivity contribution is -0.385. The molecule has 4 aromatic carbocycles. The zero-order valence-corrected chi connectivity index (χ0v) is 25.5. The monoisotopic (exact) mass is 619 g/mol. The van der Waals surface area contributed by atoms with E-state index in [1.165, 1.54) is 24.3 Å². The molecule has 0 saturated heterocycles. The van der Waals surface area contributed by atoms with Crippen LogP contribution in [0.4, 0.5) is 11.4 Å². The number of hydrogen-bond acceptors (Lipinski definition) is 9. The van der Waals surface area contributed by atoms with Crippen LogP contribution < -0.4 is 9.47 Å². The molecule has 0 aliphatic heterocycles. The van der Waals surface area contributed by atoms with Crippen molar-refractivity contribution in [1.29, 1.82) is 0 Å². The van der Waals surface area contributed by atoms with Crippen LogP contribution in [-0.4, -0.2) is 38.7 Å². The minimum atomic E-state index is -0.437. The molecule has 0 aliphatic carbocycles. The average Bonchev–Trinajstić information content (AvgIpc) is 3.04. The van der Waals surface area contributed by atoms with Crippen molar-refractivity contribution in [1.82, 2.24) is 14.8 Å². The van der Waals surface area contributed by atoms with Gasteiger partial charge in [0.05, 0.1) is 15.5 Å². The van der Waals surface area contributed by atoms with Gasteiger partial charge in [-0.15, -0.1) is 0 Å². The molecule has 1 heterocycles. The summed E-state index contributed by atoms with van der Waals surface area (Å²) in [5, 5.41) is 21.7. The summed E-state index contributed by atoms with van der Waals surface area (Å²) in [7, 11) is 4.11. The summed E-state index contributed by atoms with van der Waals surface area (Å²) in [6.07, 6.45) is 1.92. The van der Waals surface area contributed by atoms with E-state index in [1.54, 1.807) is 24.3 Å². The summed E-state index contributed by atoms with van der Waals surface area (Å²) in [4.78, 5) is 29.9. The largest absolute Gasteiger partial charge is 0.457 e. The van der Waals surface area contributed by atoms with Crippen LogP contribution in [-0.2, 0) is 26.2 Å². The predicted octanol–water partition coefficient (Wildman–Crippen LogP) is 7.75. The van der Waals surface area contributed by atoms with Gasteiger partial charge in [-0.2, -0.15) is 0 Å². The Kier molecular flexibility index (Phi) is 10.3. The highest BCUT2D eigenvalue weighted by molar-refractivity contribution is 5.40. The Labute approximate surface area is 266 Å². The van der Waals surface area contributed by atoms with E-state index in [9.17, 15) is 20.2 Å². The molecule has 11 heteroatoms. The molecule has 0 fully saturated rings. The molecule has 5 aromatic rings. The molecule has 0 atom stereocenters. The fraction of sp³-hybridized carbons (Fsp3) is 0.171. The standard InChI is InChI=1S/C35H33N5O6/c1-37(22-26-4-13-32(14-5-26)45-34-17-9-30(10-18-34)39(41)42)24-28-3-8-29(36-21-28)25-38(2)23-27-6-15-33(16-7-27)46-35-19-11-31(12-20-35)40(43)44/h3-21H,22-25H2,1-2H3. The molecular weight excluding hydrogens is 586 g/mol. The van der Waals surface area contributed by atoms with E-state index in [0.717, 1.165) is 42.0 Å². The minimum absolute atomic E-state index is 0.0252. The minimum Gasteiger partial charge on any atom is -0.457 e. The van der Waals surface area contributed by atoms with Crippen molar-refractivity contribution in [2.75, 3.05) is 14.1 Å². The Hall–Kier alpha value is -5.65. The van der Waals surface area contributed by atoms with Crippen LogP contribution in [0.25, 0.3) is 0 Å². The number of aromatic nitrogens is 1. The van der Waals surface area contributed by atoms with Crippen LogP contribution in [0.1, 0.15) is 22.4 Å². The third-order valence-corrected chi connectivity index (χ3v) is 7.09. The van der Waals surface area contributed by atoms with Gasteiger partial charge in [0.25, 0.3) is 11.4 Å². The molecule has 0 aliphatic rings. The van der Waals surface area contributed by atoms with Gasteiger partial charge in [-0.3, -0.25) is 35.0 Å². The number of hydrogen-bond donors (Lipinski definition) is 0. The number of nitrogens with zero attached hydrogens (tertiary/aromatic N) is 5. The molecule has 0 N–H and O–H groups in total. The first-order valence-electron chi connectivity index (χ1n) is 14.5. The highest BCUT2D eigenvalue weighted by atomic mass is 16.6. The molecule has 1 aromatic heterocycles. The molecule has 0 saturated carbocycles. The van der Waals surface area contributed by atoms with Crippen LogP contribution >= 0.6 is 0 Å². The number of nitro benzene ring substituents is 2. The topological polar surface area (TPSA) is 124 Å². The lowest BCUT2D eigenvalue weighted by Crippen LogP contribution is -2.19. The quantitative estimate of drug-likeness (QED) is 0.0906. The van der Waals surface area contributed by atoms with E-state index in [4.69, 9.17) is 9.47 Å². The molecule has 0 spiro atoms. The first-order chi connectivity index (χ1) is 22.2. The second-order valence-electron chi connectivity index (χ2n) is 11.0. The fourth-order valence-electron chi connectivity index (χ4n) is 4.84. The maximum absolute atomic E-state index is 10.8. The third-order valence-electron chi connectivity index (χ3n) is 7.09. The Morgan fingerprint density at radius 1 is 0.522 bits per heavy atom. The van der Waals surface area contributed by atoms with Crippen LogP contribution in [0.5, 0.6) is 23.0 Å². The smallest absolute Gasteiger partial charge is 0.269 e. The van der Waals surface area contributed by atoms with Crippen molar-refractivity contribution in [2.24, 2.45) is 0 Å². The van der Waals surface area contributed by atoms with Crippen molar-refractivity contribution in [3.63, 3.8) is 0 Å². The van der Waals surface area contributed by atoms with Crippen molar-refractivity contribution in [2.45, 2.75) is 26.2 Å². The summed E-state index contributed by atoms with van der Waals surface area (Å²) < 4.78 is 11.6. The molecule has 0 amide bonds. The Balaban J connectivity index is 1.05. The average molecular weight is 620 g/mol. The van der Waals surface area contributed by atoms with Crippen molar-refractivity contribution >= 4 is 11.4 Å². The lowest BCUT2D eigenvalue weighted by Gasteiger charge is -2.18. The van der Waals surface area contributed by atoms with Crippen LogP contribution in [0.3, 0.4) is 0 Å². The van der Waals surface area contributed by atoms with Crippen molar-refractivity contribution in [3.8, 4) is 23.0 Å². The number of nitro groups is 2. The molecule has 0 bridgehead atoms. The number of ether oxygens (including phenoxy) is 2. The van der Waals surface area contributed by atoms with E-state index < -0.39 is 9.85 Å². The van der Waals surface area contributed by atoms with Crippen LogP contribution in [0.2, 0.25) is 0 Å². The van der Waals surface area contributed by atoms with Gasteiger partial charge >= 0.3 is 0 Å². The fourth-order valence-corrected chi connectivity index (χ4v) is 4.84. The van der Waals surface area contributed by atoms with Crippen LogP contribution in [0.15, 0.2) is 115 Å². The highest BCUT2D eigenvalue weighted by Crippen LogP contribution is 2.26. The first kappa shape index (κ1) is 31.8. The van der Waals surface area contributed by atoms with Crippen molar-refractivity contribution in [3.05, 3.63) is 158 Å². The van der Waals surface area contributed by atoms with Gasteiger partial charge < -0.3 is 9.47 Å². The predicted molar refractivity (Wildman–Crippen MR) is 174 cm³/mol. The van der Waals surface area contributed by atoms with Gasteiger partial charge in [0, 0.05) is 56.6 Å². The van der Waals surface area contributed by atoms with Gasteiger partial charge in [-0.1, -0.05) is 30.3 Å². The normalized spacial score (nSPS) is 11.0. The Morgan fingerprint density at radius 3 is 1.24 bits per heavy atom. The van der Waals surface area contributed by atoms with E-state index in [-0.39, 0.29) is 11.4 Å². The first-order valence-corrected chi connectivity index (χ1v) is 14.5. The van der Waals surface area contributed by atoms with Crippen LogP contribution in [0, 0.1) is 20.2 Å². The number of benzene rings is 4. The molecule has 234 valence electrons. The van der Waals surface area contributed by atoms with E-state index in [1.807, 2.05) is 61.8 Å². The molecule has 0 unspecified atom stereocenters. The number of rotatable bonds is 14. The second kappa shape index (κ2) is 14.9. The van der Waals surface area contributed by atoms with E-state index in [2.05, 4.69) is 34.0 Å². The number of pyridine rings is 1.